The van der Waals surface area contributed by atoms with Crippen molar-refractivity contribution in [1.82, 2.24) is 5.32 Å². The van der Waals surface area contributed by atoms with Crippen molar-refractivity contribution in [3.8, 4) is 0 Å². The summed E-state index contributed by atoms with van der Waals surface area (Å²) in [5.41, 5.74) is 3.98. The van der Waals surface area contributed by atoms with E-state index in [1.807, 2.05) is 0 Å². The molecule has 0 aliphatic rings. The number of aryl methyl sites for hydroxylation is 1. The molecule has 20 heavy (non-hydrogen) atoms. The monoisotopic (exact) mass is 395 g/mol. The van der Waals surface area contributed by atoms with Gasteiger partial charge in [0.25, 0.3) is 0 Å². The Balaban J connectivity index is 2.26. The van der Waals surface area contributed by atoms with E-state index >= 15 is 0 Å². The number of rotatable bonds is 5. The highest BCUT2D eigenvalue weighted by Gasteiger charge is 2.12. The molecular weight excluding hydrogens is 378 g/mol. The molecule has 0 saturated carbocycles. The number of likely N-dealkylation sites (N-methyl/N-ethyl adjacent to an activating group) is 1. The molecule has 1 unspecified atom stereocenters. The molecule has 0 saturated heterocycles. The normalized spacial score (nSPS) is 12.4. The number of hydrogen-bond acceptors (Lipinski definition) is 1. The van der Waals surface area contributed by atoms with Crippen molar-refractivity contribution in [3.05, 3.63) is 68.1 Å². The predicted molar refractivity (Wildman–Crippen MR) is 93.1 cm³/mol. The summed E-state index contributed by atoms with van der Waals surface area (Å²) in [4.78, 5) is 0. The van der Waals surface area contributed by atoms with Crippen LogP contribution in [0.2, 0.25) is 0 Å². The zero-order valence-electron chi connectivity index (χ0n) is 11.8. The standard InChI is InChI=1S/C17H19Br2N/c1-3-20-17(8-13-6-4-5-12(2)7-13)14-9-15(18)11-16(19)10-14/h4-7,9-11,17,20H,3,8H2,1-2H3. The van der Waals surface area contributed by atoms with Crippen LogP contribution in [0.1, 0.15) is 29.7 Å². The molecule has 0 amide bonds. The summed E-state index contributed by atoms with van der Waals surface area (Å²) in [5, 5.41) is 3.58. The van der Waals surface area contributed by atoms with E-state index in [9.17, 15) is 0 Å². The van der Waals surface area contributed by atoms with Gasteiger partial charge in [0.05, 0.1) is 0 Å². The van der Waals surface area contributed by atoms with Crippen molar-refractivity contribution >= 4 is 31.9 Å². The first-order valence-corrected chi connectivity index (χ1v) is 8.42. The van der Waals surface area contributed by atoms with E-state index in [1.165, 1.54) is 16.7 Å². The van der Waals surface area contributed by atoms with Gasteiger partial charge in [-0.15, -0.1) is 0 Å². The average molecular weight is 397 g/mol. The minimum atomic E-state index is 0.329. The lowest BCUT2D eigenvalue weighted by Gasteiger charge is -2.19. The first kappa shape index (κ1) is 15.7. The fraction of sp³-hybridized carbons (Fsp3) is 0.294. The van der Waals surface area contributed by atoms with E-state index in [1.54, 1.807) is 0 Å². The maximum absolute atomic E-state index is 3.58. The van der Waals surface area contributed by atoms with Gasteiger partial charge in [-0.25, -0.2) is 0 Å². The molecule has 0 fully saturated rings. The second-order valence-corrected chi connectivity index (χ2v) is 6.84. The van der Waals surface area contributed by atoms with Crippen LogP contribution in [0.3, 0.4) is 0 Å². The number of benzene rings is 2. The number of hydrogen-bond donors (Lipinski definition) is 1. The number of halogens is 2. The number of nitrogens with one attached hydrogen (secondary N) is 1. The minimum Gasteiger partial charge on any atom is -0.310 e. The van der Waals surface area contributed by atoms with Gasteiger partial charge in [-0.3, -0.25) is 0 Å². The summed E-state index contributed by atoms with van der Waals surface area (Å²) in [6, 6.07) is 15.5. The van der Waals surface area contributed by atoms with Crippen LogP contribution in [0.25, 0.3) is 0 Å². The topological polar surface area (TPSA) is 12.0 Å². The molecule has 3 heteroatoms. The average Bonchev–Trinajstić information content (AvgIpc) is 2.37. The minimum absolute atomic E-state index is 0.329. The van der Waals surface area contributed by atoms with Gasteiger partial charge in [-0.1, -0.05) is 68.6 Å². The smallest absolute Gasteiger partial charge is 0.0361 e. The van der Waals surface area contributed by atoms with Crippen LogP contribution in [-0.2, 0) is 6.42 Å². The van der Waals surface area contributed by atoms with Crippen LogP contribution in [0.5, 0.6) is 0 Å². The summed E-state index contributed by atoms with van der Waals surface area (Å²) in [5.74, 6) is 0. The van der Waals surface area contributed by atoms with Crippen LogP contribution in [0.15, 0.2) is 51.4 Å². The van der Waals surface area contributed by atoms with Crippen molar-refractivity contribution in [2.24, 2.45) is 0 Å². The maximum Gasteiger partial charge on any atom is 0.0361 e. The molecule has 2 aromatic rings. The second-order valence-electron chi connectivity index (χ2n) is 5.01. The molecule has 0 radical (unpaired) electrons. The van der Waals surface area contributed by atoms with Crippen LogP contribution < -0.4 is 5.32 Å². The fourth-order valence-corrected chi connectivity index (χ4v) is 3.73. The van der Waals surface area contributed by atoms with E-state index in [0.717, 1.165) is 21.9 Å². The molecule has 0 aliphatic heterocycles. The van der Waals surface area contributed by atoms with Crippen molar-refractivity contribution in [2.75, 3.05) is 6.54 Å². The summed E-state index contributed by atoms with van der Waals surface area (Å²) in [7, 11) is 0. The van der Waals surface area contributed by atoms with Gasteiger partial charge in [-0.05, 0) is 49.2 Å². The molecule has 1 atom stereocenters. The highest BCUT2D eigenvalue weighted by Crippen LogP contribution is 2.26. The SMILES string of the molecule is CCNC(Cc1cccc(C)c1)c1cc(Br)cc(Br)c1. The Hall–Kier alpha value is -0.640. The maximum atomic E-state index is 3.58. The van der Waals surface area contributed by atoms with Crippen molar-refractivity contribution in [1.29, 1.82) is 0 Å². The fourth-order valence-electron chi connectivity index (χ4n) is 2.41. The van der Waals surface area contributed by atoms with Gasteiger partial charge < -0.3 is 5.32 Å². The Kier molecular flexibility index (Phi) is 5.82. The zero-order valence-corrected chi connectivity index (χ0v) is 15.0. The quantitative estimate of drug-likeness (QED) is 0.711. The molecule has 106 valence electrons. The molecule has 0 aliphatic carbocycles. The lowest BCUT2D eigenvalue weighted by atomic mass is 9.98. The summed E-state index contributed by atoms with van der Waals surface area (Å²) in [6.45, 7) is 5.25. The third-order valence-corrected chi connectivity index (χ3v) is 4.18. The van der Waals surface area contributed by atoms with Gasteiger partial charge in [0.2, 0.25) is 0 Å². The molecule has 2 aromatic carbocycles. The van der Waals surface area contributed by atoms with Crippen LogP contribution in [-0.4, -0.2) is 6.54 Å². The van der Waals surface area contributed by atoms with Gasteiger partial charge in [0.1, 0.15) is 0 Å². The summed E-state index contributed by atoms with van der Waals surface area (Å²) >= 11 is 7.14. The van der Waals surface area contributed by atoms with E-state index in [2.05, 4.69) is 93.5 Å². The van der Waals surface area contributed by atoms with Gasteiger partial charge in [0, 0.05) is 15.0 Å². The Labute approximate surface area is 138 Å². The third-order valence-electron chi connectivity index (χ3n) is 3.26. The Bertz CT molecular complexity index is 561. The van der Waals surface area contributed by atoms with Crippen molar-refractivity contribution in [3.63, 3.8) is 0 Å². The van der Waals surface area contributed by atoms with E-state index in [0.29, 0.717) is 6.04 Å². The summed E-state index contributed by atoms with van der Waals surface area (Å²) in [6.07, 6.45) is 0.998. The van der Waals surface area contributed by atoms with Gasteiger partial charge >= 0.3 is 0 Å². The van der Waals surface area contributed by atoms with Gasteiger partial charge in [-0.2, -0.15) is 0 Å². The third kappa shape index (κ3) is 4.44. The Morgan fingerprint density at radius 2 is 1.75 bits per heavy atom. The molecular formula is C17H19Br2N. The molecule has 0 spiro atoms. The van der Waals surface area contributed by atoms with Crippen LogP contribution >= 0.6 is 31.9 Å². The second kappa shape index (κ2) is 7.39. The molecule has 2 rings (SSSR count). The molecule has 0 heterocycles. The Morgan fingerprint density at radius 3 is 2.35 bits per heavy atom. The van der Waals surface area contributed by atoms with Gasteiger partial charge in [0.15, 0.2) is 0 Å². The molecule has 0 aromatic heterocycles. The van der Waals surface area contributed by atoms with E-state index in [4.69, 9.17) is 0 Å². The highest BCUT2D eigenvalue weighted by atomic mass is 79.9. The first-order chi connectivity index (χ1) is 9.58. The Morgan fingerprint density at radius 1 is 1.05 bits per heavy atom. The molecule has 0 bridgehead atoms. The first-order valence-electron chi connectivity index (χ1n) is 6.83. The van der Waals surface area contributed by atoms with Crippen LogP contribution in [0.4, 0.5) is 0 Å². The zero-order chi connectivity index (χ0) is 14.5. The molecule has 1 N–H and O–H groups in total. The highest BCUT2D eigenvalue weighted by molar-refractivity contribution is 9.11. The largest absolute Gasteiger partial charge is 0.310 e. The van der Waals surface area contributed by atoms with Crippen LogP contribution in [0, 0.1) is 6.92 Å². The van der Waals surface area contributed by atoms with Crippen molar-refractivity contribution < 1.29 is 0 Å². The molecule has 1 nitrogen and oxygen atoms in total. The van der Waals surface area contributed by atoms with Crippen molar-refractivity contribution in [2.45, 2.75) is 26.3 Å². The van der Waals surface area contributed by atoms with E-state index < -0.39 is 0 Å². The lowest BCUT2D eigenvalue weighted by molar-refractivity contribution is 0.549. The lowest BCUT2D eigenvalue weighted by Crippen LogP contribution is -2.23. The summed E-state index contributed by atoms with van der Waals surface area (Å²) < 4.78 is 2.21. The van der Waals surface area contributed by atoms with E-state index in [-0.39, 0.29) is 0 Å². The predicted octanol–water partition coefficient (Wildman–Crippen LogP) is 5.41.